The van der Waals surface area contributed by atoms with Crippen molar-refractivity contribution in [2.75, 3.05) is 0 Å². The lowest BCUT2D eigenvalue weighted by Crippen LogP contribution is -1.97. The topological polar surface area (TPSA) is 22.1 Å². The first kappa shape index (κ1) is 8.74. The van der Waals surface area contributed by atoms with E-state index in [0.717, 1.165) is 13.9 Å². The van der Waals surface area contributed by atoms with Crippen molar-refractivity contribution in [1.29, 1.82) is 0 Å². The average molecular weight is 340 g/mol. The van der Waals surface area contributed by atoms with Crippen LogP contribution < -0.4 is 4.74 Å². The van der Waals surface area contributed by atoms with Crippen LogP contribution in [0.3, 0.4) is 0 Å². The minimum absolute atomic E-state index is 0.432. The number of hydrogen-bond acceptors (Lipinski definition) is 2. The molecule has 0 atom stereocenters. The first-order valence-corrected chi connectivity index (χ1v) is 5.60. The molecule has 1 aromatic heterocycles. The van der Waals surface area contributed by atoms with Crippen molar-refractivity contribution >= 4 is 38.5 Å². The van der Waals surface area contributed by atoms with Crippen LogP contribution >= 0.6 is 38.5 Å². The number of ether oxygens (including phenoxy) is 1. The predicted molar refractivity (Wildman–Crippen MR) is 58.3 cm³/mol. The van der Waals surface area contributed by atoms with Crippen LogP contribution in [0, 0.1) is 3.57 Å². The Kier molecular flexibility index (Phi) is 2.55. The Hall–Kier alpha value is 0.160. The van der Waals surface area contributed by atoms with E-state index in [0.29, 0.717) is 6.10 Å². The lowest BCUT2D eigenvalue weighted by atomic mass is 10.5. The first-order chi connectivity index (χ1) is 5.75. The van der Waals surface area contributed by atoms with E-state index >= 15 is 0 Å². The summed E-state index contributed by atoms with van der Waals surface area (Å²) in [5.41, 5.74) is 0. The van der Waals surface area contributed by atoms with Crippen LogP contribution in [0.2, 0.25) is 0 Å². The third-order valence-electron chi connectivity index (χ3n) is 1.59. The maximum Gasteiger partial charge on any atom is 0.153 e. The van der Waals surface area contributed by atoms with E-state index in [2.05, 4.69) is 43.5 Å². The quantitative estimate of drug-likeness (QED) is 0.610. The molecule has 0 unspecified atom stereocenters. The second kappa shape index (κ2) is 3.49. The Bertz CT molecular complexity index is 301. The summed E-state index contributed by atoms with van der Waals surface area (Å²) in [4.78, 5) is 4.14. The highest BCUT2D eigenvalue weighted by Crippen LogP contribution is 2.31. The highest BCUT2D eigenvalue weighted by molar-refractivity contribution is 14.1. The summed E-state index contributed by atoms with van der Waals surface area (Å²) in [6.07, 6.45) is 4.60. The Morgan fingerprint density at radius 1 is 1.58 bits per heavy atom. The average Bonchev–Trinajstić information content (AvgIpc) is 2.81. The molecule has 2 nitrogen and oxygen atoms in total. The number of hydrogen-bond donors (Lipinski definition) is 0. The van der Waals surface area contributed by atoms with E-state index in [9.17, 15) is 0 Å². The standard InChI is InChI=1S/C8H7BrINO/c9-8-7(12-6-1-2-6)3-5(10)4-11-8/h3-4,6H,1-2H2. The zero-order valence-corrected chi connectivity index (χ0v) is 10.0. The molecule has 0 saturated heterocycles. The van der Waals surface area contributed by atoms with E-state index < -0.39 is 0 Å². The molecule has 0 spiro atoms. The lowest BCUT2D eigenvalue weighted by Gasteiger charge is -2.05. The van der Waals surface area contributed by atoms with Gasteiger partial charge in [-0.1, -0.05) is 0 Å². The van der Waals surface area contributed by atoms with Crippen molar-refractivity contribution in [3.8, 4) is 5.75 Å². The minimum Gasteiger partial charge on any atom is -0.488 e. The number of aromatic nitrogens is 1. The molecule has 1 fully saturated rings. The molecule has 0 N–H and O–H groups in total. The molecular formula is C8H7BrINO. The molecule has 0 aromatic carbocycles. The zero-order chi connectivity index (χ0) is 8.55. The van der Waals surface area contributed by atoms with Gasteiger partial charge in [-0.05, 0) is 57.4 Å². The first-order valence-electron chi connectivity index (χ1n) is 3.73. The number of pyridine rings is 1. The minimum atomic E-state index is 0.432. The largest absolute Gasteiger partial charge is 0.488 e. The monoisotopic (exact) mass is 339 g/mol. The van der Waals surface area contributed by atoms with Crippen molar-refractivity contribution in [2.45, 2.75) is 18.9 Å². The van der Waals surface area contributed by atoms with E-state index in [4.69, 9.17) is 4.74 Å². The molecule has 0 aliphatic heterocycles. The third-order valence-corrected chi connectivity index (χ3v) is 2.78. The Balaban J connectivity index is 2.21. The van der Waals surface area contributed by atoms with Gasteiger partial charge in [0, 0.05) is 9.77 Å². The second-order valence-electron chi connectivity index (χ2n) is 2.76. The van der Waals surface area contributed by atoms with Gasteiger partial charge in [-0.15, -0.1) is 0 Å². The fourth-order valence-electron chi connectivity index (χ4n) is 0.852. The molecule has 0 amide bonds. The zero-order valence-electron chi connectivity index (χ0n) is 6.26. The molecule has 2 rings (SSSR count). The number of nitrogens with zero attached hydrogens (tertiary/aromatic N) is 1. The summed E-state index contributed by atoms with van der Waals surface area (Å²) >= 11 is 5.57. The molecule has 4 heteroatoms. The molecular weight excluding hydrogens is 333 g/mol. The fourth-order valence-corrected chi connectivity index (χ4v) is 1.58. The van der Waals surface area contributed by atoms with Crippen LogP contribution in [0.5, 0.6) is 5.75 Å². The third kappa shape index (κ3) is 2.10. The fraction of sp³-hybridized carbons (Fsp3) is 0.375. The van der Waals surface area contributed by atoms with Crippen LogP contribution in [0.25, 0.3) is 0 Å². The van der Waals surface area contributed by atoms with Crippen LogP contribution in [0.4, 0.5) is 0 Å². The SMILES string of the molecule is Brc1ncc(I)cc1OC1CC1. The molecule has 1 saturated carbocycles. The van der Waals surface area contributed by atoms with E-state index in [-0.39, 0.29) is 0 Å². The van der Waals surface area contributed by atoms with Gasteiger partial charge >= 0.3 is 0 Å². The van der Waals surface area contributed by atoms with Gasteiger partial charge in [0.05, 0.1) is 6.10 Å². The lowest BCUT2D eigenvalue weighted by molar-refractivity contribution is 0.299. The number of halogens is 2. The van der Waals surface area contributed by atoms with Gasteiger partial charge in [0.2, 0.25) is 0 Å². The Morgan fingerprint density at radius 2 is 2.33 bits per heavy atom. The predicted octanol–water partition coefficient (Wildman–Crippen LogP) is 2.99. The van der Waals surface area contributed by atoms with Gasteiger partial charge in [-0.2, -0.15) is 0 Å². The van der Waals surface area contributed by atoms with E-state index in [1.807, 2.05) is 12.3 Å². The van der Waals surface area contributed by atoms with E-state index in [1.54, 1.807) is 0 Å². The highest BCUT2D eigenvalue weighted by Gasteiger charge is 2.24. The van der Waals surface area contributed by atoms with Crippen LogP contribution in [0.15, 0.2) is 16.9 Å². The molecule has 12 heavy (non-hydrogen) atoms. The summed E-state index contributed by atoms with van der Waals surface area (Å²) in [6, 6.07) is 2.00. The molecule has 64 valence electrons. The van der Waals surface area contributed by atoms with Crippen molar-refractivity contribution in [1.82, 2.24) is 4.98 Å². The van der Waals surface area contributed by atoms with Gasteiger partial charge in [-0.3, -0.25) is 0 Å². The summed E-state index contributed by atoms with van der Waals surface area (Å²) < 4.78 is 7.53. The van der Waals surface area contributed by atoms with Crippen molar-refractivity contribution < 1.29 is 4.74 Å². The van der Waals surface area contributed by atoms with Gasteiger partial charge in [-0.25, -0.2) is 4.98 Å². The van der Waals surface area contributed by atoms with Gasteiger partial charge in [0.15, 0.2) is 5.75 Å². The summed E-state index contributed by atoms with van der Waals surface area (Å²) in [6.45, 7) is 0. The highest BCUT2D eigenvalue weighted by atomic mass is 127. The second-order valence-corrected chi connectivity index (χ2v) is 4.76. The molecule has 1 aromatic rings. The maximum absolute atomic E-state index is 5.62. The van der Waals surface area contributed by atoms with Gasteiger partial charge in [0.1, 0.15) is 4.60 Å². The maximum atomic E-state index is 5.62. The molecule has 1 heterocycles. The van der Waals surface area contributed by atoms with Crippen LogP contribution in [-0.2, 0) is 0 Å². The Morgan fingerprint density at radius 3 is 3.00 bits per heavy atom. The van der Waals surface area contributed by atoms with Crippen LogP contribution in [-0.4, -0.2) is 11.1 Å². The summed E-state index contributed by atoms with van der Waals surface area (Å²) in [7, 11) is 0. The molecule has 1 aliphatic rings. The normalized spacial score (nSPS) is 16.2. The van der Waals surface area contributed by atoms with Crippen molar-refractivity contribution in [3.63, 3.8) is 0 Å². The van der Waals surface area contributed by atoms with Gasteiger partial charge < -0.3 is 4.74 Å². The van der Waals surface area contributed by atoms with Crippen LogP contribution in [0.1, 0.15) is 12.8 Å². The smallest absolute Gasteiger partial charge is 0.153 e. The van der Waals surface area contributed by atoms with E-state index in [1.165, 1.54) is 12.8 Å². The summed E-state index contributed by atoms with van der Waals surface area (Å²) in [5, 5.41) is 0. The van der Waals surface area contributed by atoms with Gasteiger partial charge in [0.25, 0.3) is 0 Å². The molecule has 0 bridgehead atoms. The summed E-state index contributed by atoms with van der Waals surface area (Å²) in [5.74, 6) is 0.865. The van der Waals surface area contributed by atoms with Crippen molar-refractivity contribution in [3.05, 3.63) is 20.4 Å². The Labute approximate surface area is 93.0 Å². The number of rotatable bonds is 2. The van der Waals surface area contributed by atoms with Crippen molar-refractivity contribution in [2.24, 2.45) is 0 Å². The molecule has 1 aliphatic carbocycles. The molecule has 0 radical (unpaired) electrons.